The molecule has 0 amide bonds. The molecule has 1 fully saturated rings. The summed E-state index contributed by atoms with van der Waals surface area (Å²) in [5.41, 5.74) is 1.73. The second kappa shape index (κ2) is 6.75. The minimum Gasteiger partial charge on any atom is -0.370 e. The molecule has 2 heterocycles. The minimum atomic E-state index is -1.09. The average Bonchev–Trinajstić information content (AvgIpc) is 2.92. The van der Waals surface area contributed by atoms with Crippen LogP contribution >= 0.6 is 0 Å². The summed E-state index contributed by atoms with van der Waals surface area (Å²) in [5.74, 6) is 0. The molecule has 0 unspecified atom stereocenters. The maximum atomic E-state index is 12.3. The maximum Gasteiger partial charge on any atom is 0.273 e. The first-order valence-electron chi connectivity index (χ1n) is 7.78. The molecular formula is C15H27N3O2Si. The van der Waals surface area contributed by atoms with Crippen LogP contribution in [0.4, 0.5) is 5.69 Å². The molecule has 1 aliphatic rings. The molecule has 0 aromatic carbocycles. The van der Waals surface area contributed by atoms with Crippen LogP contribution in [0.3, 0.4) is 0 Å². The van der Waals surface area contributed by atoms with Crippen LogP contribution in [0.1, 0.15) is 18.4 Å². The molecule has 21 heavy (non-hydrogen) atoms. The summed E-state index contributed by atoms with van der Waals surface area (Å²) in [4.78, 5) is 14.6. The summed E-state index contributed by atoms with van der Waals surface area (Å²) in [5, 5.41) is 4.27. The van der Waals surface area contributed by atoms with E-state index in [-0.39, 0.29) is 12.3 Å². The highest BCUT2D eigenvalue weighted by molar-refractivity contribution is 6.76. The molecule has 0 saturated carbocycles. The van der Waals surface area contributed by atoms with Crippen molar-refractivity contribution in [1.29, 1.82) is 0 Å². The fourth-order valence-electron chi connectivity index (χ4n) is 2.47. The van der Waals surface area contributed by atoms with E-state index in [0.29, 0.717) is 6.61 Å². The van der Waals surface area contributed by atoms with Crippen molar-refractivity contribution in [3.63, 3.8) is 0 Å². The highest BCUT2D eigenvalue weighted by Crippen LogP contribution is 2.20. The van der Waals surface area contributed by atoms with E-state index in [1.807, 2.05) is 13.1 Å². The molecule has 1 saturated heterocycles. The van der Waals surface area contributed by atoms with E-state index >= 15 is 0 Å². The Morgan fingerprint density at radius 1 is 1.29 bits per heavy atom. The predicted molar refractivity (Wildman–Crippen MR) is 88.8 cm³/mol. The van der Waals surface area contributed by atoms with Gasteiger partial charge in [-0.1, -0.05) is 19.6 Å². The molecule has 5 nitrogen and oxygen atoms in total. The van der Waals surface area contributed by atoms with Crippen LogP contribution in [-0.2, 0) is 11.5 Å². The van der Waals surface area contributed by atoms with E-state index in [1.54, 1.807) is 0 Å². The van der Waals surface area contributed by atoms with E-state index in [1.165, 1.54) is 17.5 Å². The van der Waals surface area contributed by atoms with E-state index in [9.17, 15) is 4.79 Å². The van der Waals surface area contributed by atoms with Crippen LogP contribution in [0.5, 0.6) is 0 Å². The monoisotopic (exact) mass is 309 g/mol. The summed E-state index contributed by atoms with van der Waals surface area (Å²) in [6.45, 7) is 11.8. The third-order valence-electron chi connectivity index (χ3n) is 3.92. The average molecular weight is 309 g/mol. The van der Waals surface area contributed by atoms with Crippen molar-refractivity contribution in [2.45, 2.75) is 52.2 Å². The van der Waals surface area contributed by atoms with Gasteiger partial charge in [-0.3, -0.25) is 4.79 Å². The minimum absolute atomic E-state index is 0.0348. The van der Waals surface area contributed by atoms with Crippen molar-refractivity contribution < 1.29 is 4.74 Å². The molecule has 0 bridgehead atoms. The van der Waals surface area contributed by atoms with Gasteiger partial charge < -0.3 is 9.64 Å². The number of ether oxygens (including phenoxy) is 1. The quantitative estimate of drug-likeness (QED) is 0.598. The van der Waals surface area contributed by atoms with Crippen molar-refractivity contribution in [3.05, 3.63) is 22.1 Å². The molecule has 1 aliphatic heterocycles. The lowest BCUT2D eigenvalue weighted by molar-refractivity contribution is 0.0748. The summed E-state index contributed by atoms with van der Waals surface area (Å²) in [6, 6.07) is 1.10. The normalized spacial score (nSPS) is 15.7. The smallest absolute Gasteiger partial charge is 0.273 e. The van der Waals surface area contributed by atoms with Gasteiger partial charge in [0.2, 0.25) is 0 Å². The molecule has 1 aromatic heterocycles. The van der Waals surface area contributed by atoms with Gasteiger partial charge in [-0.25, -0.2) is 4.68 Å². The summed E-state index contributed by atoms with van der Waals surface area (Å²) >= 11 is 0. The summed E-state index contributed by atoms with van der Waals surface area (Å²) < 4.78 is 7.05. The zero-order valence-electron chi connectivity index (χ0n) is 13.7. The molecule has 0 N–H and O–H groups in total. The topological polar surface area (TPSA) is 47.4 Å². The van der Waals surface area contributed by atoms with Gasteiger partial charge in [0.1, 0.15) is 6.73 Å². The maximum absolute atomic E-state index is 12.3. The van der Waals surface area contributed by atoms with E-state index < -0.39 is 8.07 Å². The Labute approximate surface area is 127 Å². The fraction of sp³-hybridized carbons (Fsp3) is 0.733. The number of anilines is 1. The van der Waals surface area contributed by atoms with Crippen molar-refractivity contribution in [2.75, 3.05) is 24.6 Å². The van der Waals surface area contributed by atoms with Crippen molar-refractivity contribution in [3.8, 4) is 0 Å². The fourth-order valence-corrected chi connectivity index (χ4v) is 3.23. The first-order chi connectivity index (χ1) is 9.88. The lowest BCUT2D eigenvalue weighted by Gasteiger charge is -2.20. The highest BCUT2D eigenvalue weighted by Gasteiger charge is 2.17. The first kappa shape index (κ1) is 16.2. The van der Waals surface area contributed by atoms with E-state index in [2.05, 4.69) is 29.6 Å². The summed E-state index contributed by atoms with van der Waals surface area (Å²) in [6.07, 6.45) is 4.20. The molecule has 2 rings (SSSR count). The summed E-state index contributed by atoms with van der Waals surface area (Å²) in [7, 11) is -1.09. The zero-order chi connectivity index (χ0) is 15.5. The van der Waals surface area contributed by atoms with Crippen LogP contribution in [0.25, 0.3) is 0 Å². The molecule has 0 atom stereocenters. The van der Waals surface area contributed by atoms with Crippen LogP contribution in [0.2, 0.25) is 25.7 Å². The Bertz CT molecular complexity index is 531. The van der Waals surface area contributed by atoms with Crippen LogP contribution in [0, 0.1) is 6.92 Å². The molecule has 1 aromatic rings. The predicted octanol–water partition coefficient (Wildman–Crippen LogP) is 2.46. The number of rotatable bonds is 6. The SMILES string of the molecule is Cc1c(N2CCCC2)cnn(COCC[Si](C)(C)C)c1=O. The Kier molecular flexibility index (Phi) is 5.21. The van der Waals surface area contributed by atoms with Gasteiger partial charge in [-0.05, 0) is 25.8 Å². The Balaban J connectivity index is 1.98. The molecular weight excluding hydrogens is 282 g/mol. The molecule has 0 spiro atoms. The Morgan fingerprint density at radius 2 is 1.95 bits per heavy atom. The lowest BCUT2D eigenvalue weighted by Crippen LogP contribution is -2.30. The standard InChI is InChI=1S/C15H27N3O2Si/c1-13-14(17-7-5-6-8-17)11-16-18(15(13)19)12-20-9-10-21(2,3)4/h11H,5-10,12H2,1-4H3. The highest BCUT2D eigenvalue weighted by atomic mass is 28.3. The van der Waals surface area contributed by atoms with E-state index in [0.717, 1.165) is 30.4 Å². The number of hydrogen-bond acceptors (Lipinski definition) is 4. The molecule has 118 valence electrons. The van der Waals surface area contributed by atoms with E-state index in [4.69, 9.17) is 4.74 Å². The second-order valence-corrected chi connectivity index (χ2v) is 12.6. The van der Waals surface area contributed by atoms with Crippen LogP contribution < -0.4 is 10.5 Å². The van der Waals surface area contributed by atoms with Gasteiger partial charge in [-0.15, -0.1) is 0 Å². The third kappa shape index (κ3) is 4.41. The second-order valence-electron chi connectivity index (χ2n) is 7.00. The largest absolute Gasteiger partial charge is 0.370 e. The van der Waals surface area contributed by atoms with Crippen LogP contribution in [0.15, 0.2) is 11.0 Å². The van der Waals surface area contributed by atoms with Crippen molar-refractivity contribution in [2.24, 2.45) is 0 Å². The Morgan fingerprint density at radius 3 is 2.57 bits per heavy atom. The number of hydrogen-bond donors (Lipinski definition) is 0. The lowest BCUT2D eigenvalue weighted by atomic mass is 10.2. The molecule has 0 aliphatic carbocycles. The zero-order valence-corrected chi connectivity index (χ0v) is 14.7. The van der Waals surface area contributed by atoms with Gasteiger partial charge in [0.25, 0.3) is 5.56 Å². The Hall–Kier alpha value is -1.14. The molecule has 6 heteroatoms. The van der Waals surface area contributed by atoms with Gasteiger partial charge in [-0.2, -0.15) is 5.10 Å². The number of aromatic nitrogens is 2. The van der Waals surface area contributed by atoms with Gasteiger partial charge >= 0.3 is 0 Å². The number of nitrogens with zero attached hydrogens (tertiary/aromatic N) is 3. The van der Waals surface area contributed by atoms with Gasteiger partial charge in [0.05, 0.1) is 11.9 Å². The van der Waals surface area contributed by atoms with Gasteiger partial charge in [0.15, 0.2) is 0 Å². The van der Waals surface area contributed by atoms with Crippen molar-refractivity contribution in [1.82, 2.24) is 9.78 Å². The van der Waals surface area contributed by atoms with Crippen LogP contribution in [-0.4, -0.2) is 37.6 Å². The first-order valence-corrected chi connectivity index (χ1v) is 11.5. The third-order valence-corrected chi connectivity index (χ3v) is 5.62. The molecule has 0 radical (unpaired) electrons. The van der Waals surface area contributed by atoms with Gasteiger partial charge in [0, 0.05) is 33.3 Å². The van der Waals surface area contributed by atoms with Crippen molar-refractivity contribution >= 4 is 13.8 Å².